The molecule has 7 heteroatoms. The Morgan fingerprint density at radius 3 is 2.81 bits per heavy atom. The number of rotatable bonds is 5. The molecule has 2 aromatic rings. The molecule has 26 heavy (non-hydrogen) atoms. The van der Waals surface area contributed by atoms with E-state index in [1.165, 1.54) is 19.1 Å². The van der Waals surface area contributed by atoms with E-state index in [-0.39, 0.29) is 24.1 Å². The van der Waals surface area contributed by atoms with Crippen molar-refractivity contribution in [2.24, 2.45) is 5.16 Å². The number of nitrogens with zero attached hydrogens (tertiary/aromatic N) is 1. The second-order valence-electron chi connectivity index (χ2n) is 5.95. The Hall–Kier alpha value is -3.22. The second kappa shape index (κ2) is 7.77. The monoisotopic (exact) mass is 355 g/mol. The summed E-state index contributed by atoms with van der Waals surface area (Å²) in [5, 5.41) is 9.36. The van der Waals surface area contributed by atoms with Crippen LogP contribution in [0.2, 0.25) is 0 Å². The molecule has 0 aliphatic carbocycles. The topological polar surface area (TPSA) is 79.8 Å². The van der Waals surface area contributed by atoms with Crippen molar-refractivity contribution in [2.75, 3.05) is 5.32 Å². The molecule has 0 radical (unpaired) electrons. The van der Waals surface area contributed by atoms with Crippen molar-refractivity contribution >= 4 is 23.2 Å². The fourth-order valence-corrected chi connectivity index (χ4v) is 2.62. The van der Waals surface area contributed by atoms with E-state index in [4.69, 9.17) is 4.84 Å². The van der Waals surface area contributed by atoms with E-state index >= 15 is 0 Å². The second-order valence-corrected chi connectivity index (χ2v) is 5.95. The molecule has 6 nitrogen and oxygen atoms in total. The molecular weight excluding hydrogens is 337 g/mol. The maximum absolute atomic E-state index is 13.3. The molecule has 1 unspecified atom stereocenters. The molecule has 0 saturated heterocycles. The lowest BCUT2D eigenvalue weighted by atomic mass is 10.0. The van der Waals surface area contributed by atoms with Crippen LogP contribution in [0.3, 0.4) is 0 Å². The third-order valence-electron chi connectivity index (χ3n) is 3.83. The minimum Gasteiger partial charge on any atom is -0.382 e. The molecule has 0 saturated carbocycles. The minimum absolute atomic E-state index is 0.160. The van der Waals surface area contributed by atoms with Gasteiger partial charge in [-0.1, -0.05) is 29.4 Å². The van der Waals surface area contributed by atoms with Gasteiger partial charge in [0.15, 0.2) is 0 Å². The Bertz CT molecular complexity index is 867. The van der Waals surface area contributed by atoms with Crippen LogP contribution in [0.1, 0.15) is 24.5 Å². The highest BCUT2D eigenvalue weighted by atomic mass is 19.1. The van der Waals surface area contributed by atoms with Crippen molar-refractivity contribution in [1.29, 1.82) is 0 Å². The van der Waals surface area contributed by atoms with Crippen molar-refractivity contribution < 1.29 is 18.8 Å². The molecule has 1 aliphatic rings. The number of anilines is 1. The third kappa shape index (κ3) is 4.44. The van der Waals surface area contributed by atoms with Gasteiger partial charge in [-0.05, 0) is 29.8 Å². The van der Waals surface area contributed by atoms with E-state index in [0.29, 0.717) is 23.5 Å². The molecule has 2 N–H and O–H groups in total. The Labute approximate surface area is 150 Å². The van der Waals surface area contributed by atoms with E-state index in [1.54, 1.807) is 30.3 Å². The van der Waals surface area contributed by atoms with Gasteiger partial charge in [0.25, 0.3) is 5.91 Å². The number of amides is 2. The van der Waals surface area contributed by atoms with Crippen LogP contribution in [0.4, 0.5) is 10.1 Å². The summed E-state index contributed by atoms with van der Waals surface area (Å²) in [7, 11) is 0. The SMILES string of the molecule is CC(=O)Nc1cccc(CNC(=O)C2CC(c3cccc(F)c3)=NO2)c1. The van der Waals surface area contributed by atoms with Gasteiger partial charge in [-0.3, -0.25) is 9.59 Å². The summed E-state index contributed by atoms with van der Waals surface area (Å²) in [6.45, 7) is 1.73. The number of hydrogen-bond donors (Lipinski definition) is 2. The zero-order valence-corrected chi connectivity index (χ0v) is 14.2. The van der Waals surface area contributed by atoms with Crippen LogP contribution in [-0.2, 0) is 21.0 Å². The highest BCUT2D eigenvalue weighted by Gasteiger charge is 2.28. The van der Waals surface area contributed by atoms with Gasteiger partial charge in [0.2, 0.25) is 12.0 Å². The first-order valence-corrected chi connectivity index (χ1v) is 8.14. The Morgan fingerprint density at radius 1 is 1.23 bits per heavy atom. The number of carbonyl (C=O) groups excluding carboxylic acids is 2. The zero-order chi connectivity index (χ0) is 18.5. The first-order valence-electron chi connectivity index (χ1n) is 8.14. The van der Waals surface area contributed by atoms with E-state index in [2.05, 4.69) is 15.8 Å². The van der Waals surface area contributed by atoms with Crippen LogP contribution < -0.4 is 10.6 Å². The molecule has 1 atom stereocenters. The van der Waals surface area contributed by atoms with Crippen LogP contribution >= 0.6 is 0 Å². The highest BCUT2D eigenvalue weighted by Crippen LogP contribution is 2.18. The number of nitrogens with one attached hydrogen (secondary N) is 2. The molecule has 0 spiro atoms. The average Bonchev–Trinajstić information content (AvgIpc) is 3.10. The Morgan fingerprint density at radius 2 is 2.04 bits per heavy atom. The Kier molecular flexibility index (Phi) is 5.26. The molecule has 0 aromatic heterocycles. The van der Waals surface area contributed by atoms with Crippen molar-refractivity contribution in [3.05, 3.63) is 65.5 Å². The largest absolute Gasteiger partial charge is 0.382 e. The van der Waals surface area contributed by atoms with Gasteiger partial charge in [-0.2, -0.15) is 0 Å². The zero-order valence-electron chi connectivity index (χ0n) is 14.2. The summed E-state index contributed by atoms with van der Waals surface area (Å²) < 4.78 is 13.3. The summed E-state index contributed by atoms with van der Waals surface area (Å²) in [4.78, 5) is 28.6. The maximum Gasteiger partial charge on any atom is 0.264 e. The molecular formula is C19H18FN3O3. The number of hydrogen-bond acceptors (Lipinski definition) is 4. The van der Waals surface area contributed by atoms with Gasteiger partial charge in [-0.15, -0.1) is 0 Å². The van der Waals surface area contributed by atoms with E-state index in [9.17, 15) is 14.0 Å². The molecule has 1 aliphatic heterocycles. The molecule has 3 rings (SSSR count). The van der Waals surface area contributed by atoms with Crippen molar-refractivity contribution in [1.82, 2.24) is 5.32 Å². The van der Waals surface area contributed by atoms with E-state index < -0.39 is 6.10 Å². The summed E-state index contributed by atoms with van der Waals surface area (Å²) in [6, 6.07) is 13.2. The molecule has 2 aromatic carbocycles. The molecule has 0 fully saturated rings. The Balaban J connectivity index is 1.54. The van der Waals surface area contributed by atoms with Crippen LogP contribution in [0.15, 0.2) is 53.7 Å². The summed E-state index contributed by atoms with van der Waals surface area (Å²) in [6.07, 6.45) is -0.465. The highest BCUT2D eigenvalue weighted by molar-refractivity contribution is 6.04. The van der Waals surface area contributed by atoms with Gasteiger partial charge in [0.1, 0.15) is 5.82 Å². The first-order chi connectivity index (χ1) is 12.5. The molecule has 134 valence electrons. The smallest absolute Gasteiger partial charge is 0.264 e. The van der Waals surface area contributed by atoms with Crippen LogP contribution in [0, 0.1) is 5.82 Å². The van der Waals surface area contributed by atoms with Crippen LogP contribution in [-0.4, -0.2) is 23.6 Å². The lowest BCUT2D eigenvalue weighted by Gasteiger charge is -2.10. The molecule has 0 bridgehead atoms. The van der Waals surface area contributed by atoms with E-state index in [1.807, 2.05) is 6.07 Å². The van der Waals surface area contributed by atoms with Crippen molar-refractivity contribution in [3.63, 3.8) is 0 Å². The van der Waals surface area contributed by atoms with Gasteiger partial charge in [0, 0.05) is 31.1 Å². The van der Waals surface area contributed by atoms with Crippen molar-refractivity contribution in [3.8, 4) is 0 Å². The van der Waals surface area contributed by atoms with Gasteiger partial charge >= 0.3 is 0 Å². The van der Waals surface area contributed by atoms with Crippen LogP contribution in [0.25, 0.3) is 0 Å². The van der Waals surface area contributed by atoms with Gasteiger partial charge < -0.3 is 15.5 Å². The summed E-state index contributed by atoms with van der Waals surface area (Å²) in [5.41, 5.74) is 2.65. The first kappa shape index (κ1) is 17.6. The van der Waals surface area contributed by atoms with Crippen molar-refractivity contribution in [2.45, 2.75) is 26.0 Å². The predicted molar refractivity (Wildman–Crippen MR) is 95.0 cm³/mol. The molecule has 2 amide bonds. The number of halogens is 1. The fraction of sp³-hybridized carbons (Fsp3) is 0.211. The van der Waals surface area contributed by atoms with Crippen LogP contribution in [0.5, 0.6) is 0 Å². The predicted octanol–water partition coefficient (Wildman–Crippen LogP) is 2.59. The maximum atomic E-state index is 13.3. The fourth-order valence-electron chi connectivity index (χ4n) is 2.62. The normalized spacial score (nSPS) is 15.8. The average molecular weight is 355 g/mol. The third-order valence-corrected chi connectivity index (χ3v) is 3.83. The lowest BCUT2D eigenvalue weighted by Crippen LogP contribution is -2.34. The standard InChI is InChI=1S/C19H18FN3O3/c1-12(24)22-16-7-2-4-13(8-16)11-21-19(25)18-10-17(23-26-18)14-5-3-6-15(20)9-14/h2-9,18H,10-11H2,1H3,(H,21,25)(H,22,24). The molecule has 1 heterocycles. The summed E-state index contributed by atoms with van der Waals surface area (Å²) >= 11 is 0. The van der Waals surface area contributed by atoms with Gasteiger partial charge in [-0.25, -0.2) is 4.39 Å². The number of oxime groups is 1. The minimum atomic E-state index is -0.744. The summed E-state index contributed by atoms with van der Waals surface area (Å²) in [5.74, 6) is -0.824. The lowest BCUT2D eigenvalue weighted by molar-refractivity contribution is -0.131. The van der Waals surface area contributed by atoms with Gasteiger partial charge in [0.05, 0.1) is 5.71 Å². The quantitative estimate of drug-likeness (QED) is 0.865. The number of benzene rings is 2. The van der Waals surface area contributed by atoms with E-state index in [0.717, 1.165) is 5.56 Å². The number of carbonyl (C=O) groups is 2.